The van der Waals surface area contributed by atoms with Gasteiger partial charge >= 0.3 is 0 Å². The zero-order chi connectivity index (χ0) is 19.6. The quantitative estimate of drug-likeness (QED) is 0.416. The van der Waals surface area contributed by atoms with E-state index in [-0.39, 0.29) is 17.9 Å². The molecule has 4 rings (SSSR count). The van der Waals surface area contributed by atoms with E-state index in [9.17, 15) is 19.7 Å². The van der Waals surface area contributed by atoms with Crippen molar-refractivity contribution in [2.75, 3.05) is 0 Å². The van der Waals surface area contributed by atoms with Crippen LogP contribution in [0.1, 0.15) is 35.1 Å². The van der Waals surface area contributed by atoms with Crippen LogP contribution in [0.2, 0.25) is 0 Å². The second kappa shape index (κ2) is 8.44. The lowest BCUT2D eigenvalue weighted by Gasteiger charge is -2.14. The second-order valence-corrected chi connectivity index (χ2v) is 8.49. The molecule has 5 nitrogen and oxygen atoms in total. The molecule has 0 saturated carbocycles. The molecule has 27 heavy (non-hydrogen) atoms. The van der Waals surface area contributed by atoms with Gasteiger partial charge in [-0.25, -0.2) is 0 Å². The van der Waals surface area contributed by atoms with Crippen LogP contribution in [0.3, 0.4) is 0 Å². The summed E-state index contributed by atoms with van der Waals surface area (Å²) in [6, 6.07) is 9.46. The average Bonchev–Trinajstić information content (AvgIpc) is 2.62. The van der Waals surface area contributed by atoms with Crippen LogP contribution in [-0.4, -0.2) is 16.5 Å². The number of benzene rings is 2. The molecule has 2 aliphatic rings. The minimum atomic E-state index is -0.428. The van der Waals surface area contributed by atoms with Crippen LogP contribution in [0.25, 0.3) is 0 Å². The first kappa shape index (κ1) is 19.9. The van der Waals surface area contributed by atoms with Crippen LogP contribution in [0.4, 0.5) is 5.69 Å². The normalized spacial score (nSPS) is 15.3. The largest absolute Gasteiger partial charge is 0.299 e. The van der Waals surface area contributed by atoms with Gasteiger partial charge < -0.3 is 0 Å². The summed E-state index contributed by atoms with van der Waals surface area (Å²) in [4.78, 5) is 32.7. The summed E-state index contributed by atoms with van der Waals surface area (Å²) in [7, 11) is 0. The van der Waals surface area contributed by atoms with Gasteiger partial charge in [-0.3, -0.25) is 19.7 Å². The van der Waals surface area contributed by atoms with E-state index in [1.165, 1.54) is 17.2 Å². The summed E-state index contributed by atoms with van der Waals surface area (Å²) in [6.07, 6.45) is 3.54. The first-order valence-corrected chi connectivity index (χ1v) is 10.2. The van der Waals surface area contributed by atoms with Crippen LogP contribution in [0, 0.1) is 10.1 Å². The number of nitro benzene ring substituents is 1. The lowest BCUT2D eigenvalue weighted by atomic mass is 9.90. The summed E-state index contributed by atoms with van der Waals surface area (Å²) in [5.41, 5.74) is 4.07. The third-order valence-electron chi connectivity index (χ3n) is 4.76. The molecule has 0 unspecified atom stereocenters. The Balaban J connectivity index is 0.000000159. The topological polar surface area (TPSA) is 77.3 Å². The first-order valence-electron chi connectivity index (χ1n) is 8.60. The Morgan fingerprint density at radius 3 is 2.11 bits per heavy atom. The number of carbonyl (C=O) groups excluding carboxylic acids is 2. The van der Waals surface area contributed by atoms with Crippen molar-refractivity contribution >= 4 is 49.1 Å². The lowest BCUT2D eigenvalue weighted by molar-refractivity contribution is -0.385. The Labute approximate surface area is 173 Å². The number of hydrogen-bond acceptors (Lipinski definition) is 4. The van der Waals surface area contributed by atoms with Crippen LogP contribution in [0.15, 0.2) is 39.3 Å². The fourth-order valence-corrected chi connectivity index (χ4v) is 4.30. The molecule has 2 aromatic rings. The minimum Gasteiger partial charge on any atom is -0.299 e. The monoisotopic (exact) mass is 493 g/mol. The van der Waals surface area contributed by atoms with Crippen molar-refractivity contribution in [2.45, 2.75) is 38.5 Å². The van der Waals surface area contributed by atoms with E-state index in [1.54, 1.807) is 0 Å². The van der Waals surface area contributed by atoms with Gasteiger partial charge in [-0.2, -0.15) is 0 Å². The van der Waals surface area contributed by atoms with Gasteiger partial charge in [-0.1, -0.05) is 37.9 Å². The summed E-state index contributed by atoms with van der Waals surface area (Å²) in [5.74, 6) is 0.442. The van der Waals surface area contributed by atoms with Gasteiger partial charge in [0, 0.05) is 46.3 Å². The highest BCUT2D eigenvalue weighted by atomic mass is 79.9. The molecule has 0 fully saturated rings. The number of fused-ring (bicyclic) bond motifs is 2. The predicted octanol–water partition coefficient (Wildman–Crippen LogP) is 4.92. The molecular formula is C20H17Br2NO4. The fraction of sp³-hybridized carbons (Fsp3) is 0.300. The van der Waals surface area contributed by atoms with Gasteiger partial charge in [0.1, 0.15) is 11.6 Å². The molecule has 7 heteroatoms. The molecule has 0 aromatic heterocycles. The van der Waals surface area contributed by atoms with E-state index in [2.05, 4.69) is 37.9 Å². The number of halogens is 2. The molecule has 0 saturated heterocycles. The highest BCUT2D eigenvalue weighted by Crippen LogP contribution is 2.31. The van der Waals surface area contributed by atoms with Gasteiger partial charge in [0.2, 0.25) is 0 Å². The first-order chi connectivity index (χ1) is 12.8. The maximum atomic E-state index is 11.3. The molecule has 2 aromatic carbocycles. The SMILES string of the molecule is O=C1CCc2cc(Br)cc([N+](=O)[O-])c2C1.O=C1CCc2cc(Br)ccc2C1. The van der Waals surface area contributed by atoms with Crippen LogP contribution in [-0.2, 0) is 35.3 Å². The molecule has 0 heterocycles. The second-order valence-electron chi connectivity index (χ2n) is 6.66. The minimum absolute atomic E-state index is 0.0485. The van der Waals surface area contributed by atoms with Crippen molar-refractivity contribution in [3.63, 3.8) is 0 Å². The zero-order valence-corrected chi connectivity index (χ0v) is 17.6. The molecule has 0 N–H and O–H groups in total. The van der Waals surface area contributed by atoms with E-state index >= 15 is 0 Å². The van der Waals surface area contributed by atoms with Gasteiger partial charge in [-0.15, -0.1) is 0 Å². The highest BCUT2D eigenvalue weighted by Gasteiger charge is 2.25. The third kappa shape index (κ3) is 4.90. The van der Waals surface area contributed by atoms with Crippen molar-refractivity contribution in [1.82, 2.24) is 0 Å². The van der Waals surface area contributed by atoms with E-state index in [1.807, 2.05) is 18.2 Å². The predicted molar refractivity (Wildman–Crippen MR) is 109 cm³/mol. The van der Waals surface area contributed by atoms with Crippen LogP contribution in [0.5, 0.6) is 0 Å². The van der Waals surface area contributed by atoms with Crippen LogP contribution < -0.4 is 0 Å². The number of ketones is 2. The lowest BCUT2D eigenvalue weighted by Crippen LogP contribution is -2.15. The average molecular weight is 495 g/mol. The molecule has 0 aliphatic heterocycles. The van der Waals surface area contributed by atoms with Gasteiger partial charge in [0.05, 0.1) is 4.92 Å². The maximum Gasteiger partial charge on any atom is 0.274 e. The van der Waals surface area contributed by atoms with Crippen molar-refractivity contribution in [3.8, 4) is 0 Å². The van der Waals surface area contributed by atoms with Crippen molar-refractivity contribution in [2.24, 2.45) is 0 Å². The van der Waals surface area contributed by atoms with E-state index in [4.69, 9.17) is 0 Å². The Morgan fingerprint density at radius 2 is 1.41 bits per heavy atom. The van der Waals surface area contributed by atoms with Gasteiger partial charge in [-0.05, 0) is 47.7 Å². The molecule has 0 amide bonds. The summed E-state index contributed by atoms with van der Waals surface area (Å²) in [6.45, 7) is 0. The van der Waals surface area contributed by atoms with Crippen LogP contribution >= 0.6 is 31.9 Å². The maximum absolute atomic E-state index is 11.3. The number of aryl methyl sites for hydroxylation is 2. The van der Waals surface area contributed by atoms with E-state index in [0.29, 0.717) is 41.5 Å². The Hall–Kier alpha value is -1.86. The van der Waals surface area contributed by atoms with Gasteiger partial charge in [0.15, 0.2) is 0 Å². The summed E-state index contributed by atoms with van der Waals surface area (Å²) < 4.78 is 1.80. The van der Waals surface area contributed by atoms with Gasteiger partial charge in [0.25, 0.3) is 5.69 Å². The zero-order valence-electron chi connectivity index (χ0n) is 14.5. The van der Waals surface area contributed by atoms with E-state index < -0.39 is 4.92 Å². The smallest absolute Gasteiger partial charge is 0.274 e. The highest BCUT2D eigenvalue weighted by molar-refractivity contribution is 9.10. The standard InChI is InChI=1S/C10H8BrNO3.C10H9BrO/c11-7-3-6-1-2-8(13)5-9(6)10(4-7)12(14)15;11-9-3-1-8-6-10(12)4-2-7(8)5-9/h3-4H,1-2,5H2;1,3,5H,2,4,6H2. The summed E-state index contributed by atoms with van der Waals surface area (Å²) in [5, 5.41) is 10.8. The molecule has 0 atom stereocenters. The summed E-state index contributed by atoms with van der Waals surface area (Å²) >= 11 is 6.66. The number of hydrogen-bond donors (Lipinski definition) is 0. The van der Waals surface area contributed by atoms with Crippen molar-refractivity contribution in [1.29, 1.82) is 0 Å². The number of rotatable bonds is 1. The third-order valence-corrected chi connectivity index (χ3v) is 5.71. The molecule has 140 valence electrons. The fourth-order valence-electron chi connectivity index (χ4n) is 3.40. The van der Waals surface area contributed by atoms with Crippen molar-refractivity contribution < 1.29 is 14.5 Å². The molecule has 0 radical (unpaired) electrons. The van der Waals surface area contributed by atoms with Crippen molar-refractivity contribution in [3.05, 3.63) is 71.6 Å². The Morgan fingerprint density at radius 1 is 0.778 bits per heavy atom. The molecule has 0 spiro atoms. The Kier molecular flexibility index (Phi) is 6.22. The molecule has 2 aliphatic carbocycles. The van der Waals surface area contributed by atoms with E-state index in [0.717, 1.165) is 16.5 Å². The molecule has 0 bridgehead atoms. The number of nitrogens with zero attached hydrogens (tertiary/aromatic N) is 1. The number of carbonyl (C=O) groups is 2. The molecular weight excluding hydrogens is 478 g/mol. The number of nitro groups is 1. The number of Topliss-reactive ketones (excluding diaryl/α,β-unsaturated/α-hetero) is 2. The Bertz CT molecular complexity index is 940.